The summed E-state index contributed by atoms with van der Waals surface area (Å²) in [7, 11) is 0. The van der Waals surface area contributed by atoms with Crippen LogP contribution in [0, 0.1) is 0 Å². The first-order chi connectivity index (χ1) is 5.90. The topological polar surface area (TPSA) is 29.1 Å². The number of hydrogen-bond acceptors (Lipinski definition) is 2. The van der Waals surface area contributed by atoms with Crippen LogP contribution in [0.4, 0.5) is 5.69 Å². The van der Waals surface area contributed by atoms with Gasteiger partial charge in [0.05, 0.1) is 0 Å². The number of amides is 1. The molecular weight excluding hydrogens is 170 g/mol. The fourth-order valence-corrected chi connectivity index (χ4v) is 1.90. The Kier molecular flexibility index (Phi) is 1.80. The molecule has 1 aromatic heterocycles. The lowest BCUT2D eigenvalue weighted by atomic mass is 10.2. The fraction of sp³-hybridized carbons (Fsp3) is 0. The van der Waals surface area contributed by atoms with Crippen molar-refractivity contribution in [2.24, 2.45) is 0 Å². The predicted molar refractivity (Wildman–Crippen MR) is 51.5 cm³/mol. The molecule has 2 nitrogen and oxygen atoms in total. The van der Waals surface area contributed by atoms with Crippen molar-refractivity contribution in [2.75, 3.05) is 5.32 Å². The van der Waals surface area contributed by atoms with Crippen molar-refractivity contribution in [3.8, 4) is 0 Å². The summed E-state index contributed by atoms with van der Waals surface area (Å²) in [6.07, 6.45) is 0.688. The monoisotopic (exact) mass is 177 g/mol. The predicted octanol–water partition coefficient (Wildman–Crippen LogP) is 2.47. The van der Waals surface area contributed by atoms with Gasteiger partial charge in [0.2, 0.25) is 6.41 Å². The van der Waals surface area contributed by atoms with Gasteiger partial charge >= 0.3 is 0 Å². The van der Waals surface area contributed by atoms with E-state index in [4.69, 9.17) is 0 Å². The summed E-state index contributed by atoms with van der Waals surface area (Å²) in [4.78, 5) is 10.1. The summed E-state index contributed by atoms with van der Waals surface area (Å²) < 4.78 is 1.24. The number of nitrogens with one attached hydrogen (secondary N) is 1. The number of carbonyl (C=O) groups excluding carboxylic acids is 1. The molecule has 0 saturated carbocycles. The summed E-state index contributed by atoms with van der Waals surface area (Å²) in [5.74, 6) is 0. The molecule has 0 saturated heterocycles. The van der Waals surface area contributed by atoms with Gasteiger partial charge in [-0.3, -0.25) is 4.79 Å². The zero-order chi connectivity index (χ0) is 8.39. The standard InChI is InChI=1S/C9H7NOS/c11-6-10-8-1-2-9-7(5-8)3-4-12-9/h1-6H,(H,10,11). The van der Waals surface area contributed by atoms with E-state index in [2.05, 4.69) is 5.32 Å². The van der Waals surface area contributed by atoms with Gasteiger partial charge in [-0.1, -0.05) is 0 Å². The maximum Gasteiger partial charge on any atom is 0.211 e. The Balaban J connectivity index is 2.52. The van der Waals surface area contributed by atoms with E-state index in [1.807, 2.05) is 29.6 Å². The first-order valence-corrected chi connectivity index (χ1v) is 4.45. The third-order valence-corrected chi connectivity index (χ3v) is 2.58. The van der Waals surface area contributed by atoms with Gasteiger partial charge in [-0.15, -0.1) is 11.3 Å². The van der Waals surface area contributed by atoms with Crippen LogP contribution in [-0.2, 0) is 4.79 Å². The van der Waals surface area contributed by atoms with E-state index in [0.717, 1.165) is 5.69 Å². The van der Waals surface area contributed by atoms with Crippen molar-refractivity contribution in [2.45, 2.75) is 0 Å². The van der Waals surface area contributed by atoms with Crippen molar-refractivity contribution >= 4 is 33.5 Å². The van der Waals surface area contributed by atoms with Crippen molar-refractivity contribution in [1.29, 1.82) is 0 Å². The summed E-state index contributed by atoms with van der Waals surface area (Å²) in [5, 5.41) is 5.82. The van der Waals surface area contributed by atoms with Crippen molar-refractivity contribution in [3.05, 3.63) is 29.6 Å². The summed E-state index contributed by atoms with van der Waals surface area (Å²) in [6, 6.07) is 7.90. The SMILES string of the molecule is O=CNc1ccc2sccc2c1. The molecule has 0 aliphatic carbocycles. The summed E-state index contributed by atoms with van der Waals surface area (Å²) >= 11 is 1.70. The number of benzene rings is 1. The van der Waals surface area contributed by atoms with Crippen LogP contribution in [0.2, 0.25) is 0 Å². The Bertz CT molecular complexity index is 408. The molecule has 0 unspecified atom stereocenters. The highest BCUT2D eigenvalue weighted by Crippen LogP contribution is 2.23. The fourth-order valence-electron chi connectivity index (χ4n) is 1.12. The maximum atomic E-state index is 10.1. The quantitative estimate of drug-likeness (QED) is 0.701. The molecule has 1 N–H and O–H groups in total. The Hall–Kier alpha value is -1.35. The van der Waals surface area contributed by atoms with Crippen molar-refractivity contribution < 1.29 is 4.79 Å². The average Bonchev–Trinajstić information content (AvgIpc) is 2.51. The lowest BCUT2D eigenvalue weighted by Crippen LogP contribution is -1.91. The number of rotatable bonds is 2. The van der Waals surface area contributed by atoms with Crippen LogP contribution >= 0.6 is 11.3 Å². The number of anilines is 1. The molecule has 1 aromatic carbocycles. The largest absolute Gasteiger partial charge is 0.329 e. The van der Waals surface area contributed by atoms with E-state index >= 15 is 0 Å². The van der Waals surface area contributed by atoms with Crippen LogP contribution in [0.1, 0.15) is 0 Å². The Morgan fingerprint density at radius 2 is 2.25 bits per heavy atom. The molecule has 0 bridgehead atoms. The summed E-state index contributed by atoms with van der Waals surface area (Å²) in [6.45, 7) is 0. The molecular formula is C9H7NOS. The molecule has 0 atom stereocenters. The average molecular weight is 177 g/mol. The van der Waals surface area contributed by atoms with Crippen LogP contribution in [-0.4, -0.2) is 6.41 Å². The minimum atomic E-state index is 0.688. The smallest absolute Gasteiger partial charge is 0.211 e. The zero-order valence-electron chi connectivity index (χ0n) is 6.28. The highest BCUT2D eigenvalue weighted by atomic mass is 32.1. The van der Waals surface area contributed by atoms with Crippen molar-refractivity contribution in [1.82, 2.24) is 0 Å². The van der Waals surface area contributed by atoms with Gasteiger partial charge < -0.3 is 5.32 Å². The Morgan fingerprint density at radius 3 is 3.08 bits per heavy atom. The highest BCUT2D eigenvalue weighted by molar-refractivity contribution is 7.17. The van der Waals surface area contributed by atoms with E-state index in [1.54, 1.807) is 11.3 Å². The van der Waals surface area contributed by atoms with Gasteiger partial charge in [0.25, 0.3) is 0 Å². The van der Waals surface area contributed by atoms with Crippen LogP contribution in [0.15, 0.2) is 29.6 Å². The third kappa shape index (κ3) is 1.19. The molecule has 1 amide bonds. The van der Waals surface area contributed by atoms with Gasteiger partial charge in [-0.25, -0.2) is 0 Å². The Labute approximate surface area is 73.8 Å². The van der Waals surface area contributed by atoms with Gasteiger partial charge in [0.1, 0.15) is 0 Å². The first kappa shape index (κ1) is 7.31. The van der Waals surface area contributed by atoms with Crippen LogP contribution in [0.25, 0.3) is 10.1 Å². The van der Waals surface area contributed by atoms with Crippen LogP contribution in [0.5, 0.6) is 0 Å². The van der Waals surface area contributed by atoms with E-state index in [9.17, 15) is 4.79 Å². The number of hydrogen-bond donors (Lipinski definition) is 1. The third-order valence-electron chi connectivity index (χ3n) is 1.68. The number of carbonyl (C=O) groups is 1. The molecule has 60 valence electrons. The Morgan fingerprint density at radius 1 is 1.33 bits per heavy atom. The molecule has 2 rings (SSSR count). The molecule has 3 heteroatoms. The molecule has 0 aliphatic heterocycles. The van der Waals surface area contributed by atoms with Gasteiger partial charge in [0.15, 0.2) is 0 Å². The minimum Gasteiger partial charge on any atom is -0.329 e. The molecule has 0 fully saturated rings. The molecule has 0 radical (unpaired) electrons. The van der Waals surface area contributed by atoms with Crippen molar-refractivity contribution in [3.63, 3.8) is 0 Å². The normalized spacial score (nSPS) is 10.0. The van der Waals surface area contributed by atoms with Gasteiger partial charge in [-0.05, 0) is 35.0 Å². The first-order valence-electron chi connectivity index (χ1n) is 3.57. The number of fused-ring (bicyclic) bond motifs is 1. The second-order valence-corrected chi connectivity index (χ2v) is 3.38. The number of thiophene rings is 1. The molecule has 0 aliphatic rings. The molecule has 12 heavy (non-hydrogen) atoms. The van der Waals surface area contributed by atoms with E-state index in [-0.39, 0.29) is 0 Å². The highest BCUT2D eigenvalue weighted by Gasteiger charge is 1.95. The second kappa shape index (κ2) is 2.95. The van der Waals surface area contributed by atoms with E-state index in [1.165, 1.54) is 10.1 Å². The van der Waals surface area contributed by atoms with E-state index in [0.29, 0.717) is 6.41 Å². The van der Waals surface area contributed by atoms with Gasteiger partial charge in [-0.2, -0.15) is 0 Å². The van der Waals surface area contributed by atoms with Gasteiger partial charge in [0, 0.05) is 10.4 Å². The molecule has 1 heterocycles. The van der Waals surface area contributed by atoms with Crippen LogP contribution in [0.3, 0.4) is 0 Å². The maximum absolute atomic E-state index is 10.1. The molecule has 2 aromatic rings. The van der Waals surface area contributed by atoms with Crippen LogP contribution < -0.4 is 5.32 Å². The lowest BCUT2D eigenvalue weighted by Gasteiger charge is -1.96. The zero-order valence-corrected chi connectivity index (χ0v) is 7.10. The van der Waals surface area contributed by atoms with E-state index < -0.39 is 0 Å². The second-order valence-electron chi connectivity index (χ2n) is 2.44. The lowest BCUT2D eigenvalue weighted by molar-refractivity contribution is -0.105. The molecule has 0 spiro atoms. The summed E-state index contributed by atoms with van der Waals surface area (Å²) in [5.41, 5.74) is 0.843. The minimum absolute atomic E-state index is 0.688.